The van der Waals surface area contributed by atoms with Gasteiger partial charge in [-0.2, -0.15) is 5.26 Å². The Balaban J connectivity index is 1.90. The van der Waals surface area contributed by atoms with Gasteiger partial charge in [0.05, 0.1) is 17.7 Å². The van der Waals surface area contributed by atoms with Crippen LogP contribution in [0, 0.1) is 11.3 Å². The monoisotopic (exact) mass is 340 g/mol. The molecule has 106 valence electrons. The third-order valence-electron chi connectivity index (χ3n) is 4.22. The largest absolute Gasteiger partial charge is 0.377 e. The molecule has 1 aliphatic rings. The van der Waals surface area contributed by atoms with Gasteiger partial charge in [-0.15, -0.1) is 0 Å². The van der Waals surface area contributed by atoms with Crippen LogP contribution >= 0.6 is 15.9 Å². The van der Waals surface area contributed by atoms with Crippen molar-refractivity contribution in [2.45, 2.75) is 31.7 Å². The molecule has 0 aromatic heterocycles. The molecule has 2 aromatic rings. The fourth-order valence-electron chi connectivity index (χ4n) is 3.04. The average molecular weight is 341 g/mol. The average Bonchev–Trinajstić information content (AvgIpc) is 2.52. The predicted octanol–water partition coefficient (Wildman–Crippen LogP) is 5.37. The smallest absolute Gasteiger partial charge is 0.0992 e. The summed E-state index contributed by atoms with van der Waals surface area (Å²) in [6.07, 6.45) is 2.33. The molecule has 2 aromatic carbocycles. The summed E-state index contributed by atoms with van der Waals surface area (Å²) in [7, 11) is 0. The number of fused-ring (bicyclic) bond motifs is 1. The zero-order valence-electron chi connectivity index (χ0n) is 11.9. The van der Waals surface area contributed by atoms with Gasteiger partial charge in [0.1, 0.15) is 0 Å². The molecule has 0 bridgehead atoms. The first-order valence-corrected chi connectivity index (χ1v) is 8.03. The Hall–Kier alpha value is -1.79. The topological polar surface area (TPSA) is 35.8 Å². The van der Waals surface area contributed by atoms with E-state index in [4.69, 9.17) is 5.26 Å². The van der Waals surface area contributed by atoms with Crippen LogP contribution in [0.25, 0.3) is 0 Å². The van der Waals surface area contributed by atoms with Crippen LogP contribution < -0.4 is 5.32 Å². The highest BCUT2D eigenvalue weighted by molar-refractivity contribution is 9.10. The van der Waals surface area contributed by atoms with E-state index in [1.54, 1.807) is 0 Å². The van der Waals surface area contributed by atoms with Crippen molar-refractivity contribution in [3.8, 4) is 6.07 Å². The lowest BCUT2D eigenvalue weighted by Crippen LogP contribution is -2.19. The predicted molar refractivity (Wildman–Crippen MR) is 89.3 cm³/mol. The van der Waals surface area contributed by atoms with Gasteiger partial charge in [0, 0.05) is 10.2 Å². The number of hydrogen-bond acceptors (Lipinski definition) is 2. The summed E-state index contributed by atoms with van der Waals surface area (Å²) >= 11 is 3.55. The van der Waals surface area contributed by atoms with Gasteiger partial charge in [-0.3, -0.25) is 0 Å². The van der Waals surface area contributed by atoms with Crippen LogP contribution in [0.1, 0.15) is 48.4 Å². The van der Waals surface area contributed by atoms with Gasteiger partial charge in [0.15, 0.2) is 0 Å². The molecule has 0 spiro atoms. The van der Waals surface area contributed by atoms with Crippen molar-refractivity contribution < 1.29 is 0 Å². The number of hydrogen-bond donors (Lipinski definition) is 1. The van der Waals surface area contributed by atoms with Crippen molar-refractivity contribution in [3.05, 3.63) is 63.6 Å². The lowest BCUT2D eigenvalue weighted by Gasteiger charge is -2.31. The van der Waals surface area contributed by atoms with Crippen LogP contribution in [0.15, 0.2) is 46.9 Å². The molecule has 1 aliphatic carbocycles. The molecule has 0 aliphatic heterocycles. The number of rotatable bonds is 2. The van der Waals surface area contributed by atoms with Gasteiger partial charge in [0.25, 0.3) is 0 Å². The molecule has 2 atom stereocenters. The number of nitrogens with zero attached hydrogens (tertiary/aromatic N) is 1. The fourth-order valence-corrected chi connectivity index (χ4v) is 3.54. The molecule has 0 saturated carbocycles. The third-order valence-corrected chi connectivity index (χ3v) is 4.87. The minimum Gasteiger partial charge on any atom is -0.377 e. The van der Waals surface area contributed by atoms with Gasteiger partial charge < -0.3 is 5.32 Å². The van der Waals surface area contributed by atoms with E-state index in [1.165, 1.54) is 17.5 Å². The van der Waals surface area contributed by atoms with Crippen molar-refractivity contribution in [3.63, 3.8) is 0 Å². The summed E-state index contributed by atoms with van der Waals surface area (Å²) in [6, 6.07) is 16.9. The van der Waals surface area contributed by atoms with Crippen molar-refractivity contribution >= 4 is 21.6 Å². The molecule has 0 fully saturated rings. The summed E-state index contributed by atoms with van der Waals surface area (Å²) in [6.45, 7) is 2.30. The number of benzene rings is 2. The molecule has 1 N–H and O–H groups in total. The maximum atomic E-state index is 8.94. The number of anilines is 1. The quantitative estimate of drug-likeness (QED) is 0.797. The van der Waals surface area contributed by atoms with E-state index < -0.39 is 0 Å². The Bertz CT molecular complexity index is 703. The molecule has 2 unspecified atom stereocenters. The second kappa shape index (κ2) is 5.91. The first-order chi connectivity index (χ1) is 10.2. The molecule has 0 heterocycles. The standard InChI is InChI=1S/C18H17BrN2/c1-12-6-8-17(15-5-3-2-4-14(12)15)21-18-9-7-13(11-20)10-16(18)19/h2-5,7,9-10,12,17,21H,6,8H2,1H3. The van der Waals surface area contributed by atoms with E-state index in [2.05, 4.69) is 58.5 Å². The Morgan fingerprint density at radius 2 is 1.90 bits per heavy atom. The fraction of sp³-hybridized carbons (Fsp3) is 0.278. The van der Waals surface area contributed by atoms with E-state index in [1.807, 2.05) is 18.2 Å². The van der Waals surface area contributed by atoms with Crippen molar-refractivity contribution in [2.24, 2.45) is 0 Å². The molecule has 0 saturated heterocycles. The SMILES string of the molecule is CC1CCC(Nc2ccc(C#N)cc2Br)c2ccccc21. The summed E-state index contributed by atoms with van der Waals surface area (Å²) < 4.78 is 0.942. The Kier molecular flexibility index (Phi) is 3.98. The molecular formula is C18H17BrN2. The number of nitriles is 1. The summed E-state index contributed by atoms with van der Waals surface area (Å²) in [5.41, 5.74) is 4.56. The van der Waals surface area contributed by atoms with E-state index in [-0.39, 0.29) is 0 Å². The highest BCUT2D eigenvalue weighted by Gasteiger charge is 2.24. The molecular weight excluding hydrogens is 324 g/mol. The number of halogens is 1. The normalized spacial score (nSPS) is 20.4. The Morgan fingerprint density at radius 3 is 2.62 bits per heavy atom. The minimum atomic E-state index is 0.335. The molecule has 0 radical (unpaired) electrons. The molecule has 0 amide bonds. The summed E-state index contributed by atoms with van der Waals surface area (Å²) in [4.78, 5) is 0. The molecule has 3 heteroatoms. The van der Waals surface area contributed by atoms with Crippen LogP contribution in [0.2, 0.25) is 0 Å². The van der Waals surface area contributed by atoms with Crippen LogP contribution in [0.3, 0.4) is 0 Å². The Morgan fingerprint density at radius 1 is 1.14 bits per heavy atom. The Labute approximate surface area is 133 Å². The van der Waals surface area contributed by atoms with E-state index in [9.17, 15) is 0 Å². The zero-order chi connectivity index (χ0) is 14.8. The van der Waals surface area contributed by atoms with Gasteiger partial charge in [-0.25, -0.2) is 0 Å². The van der Waals surface area contributed by atoms with Crippen molar-refractivity contribution in [1.29, 1.82) is 5.26 Å². The zero-order valence-corrected chi connectivity index (χ0v) is 13.5. The van der Waals surface area contributed by atoms with Crippen molar-refractivity contribution in [2.75, 3.05) is 5.32 Å². The maximum absolute atomic E-state index is 8.94. The second-order valence-electron chi connectivity index (χ2n) is 5.61. The summed E-state index contributed by atoms with van der Waals surface area (Å²) in [5.74, 6) is 0.628. The first kappa shape index (κ1) is 14.2. The van der Waals surface area contributed by atoms with Crippen molar-refractivity contribution in [1.82, 2.24) is 0 Å². The van der Waals surface area contributed by atoms with E-state index >= 15 is 0 Å². The lowest BCUT2D eigenvalue weighted by molar-refractivity contribution is 0.534. The second-order valence-corrected chi connectivity index (χ2v) is 6.47. The van der Waals surface area contributed by atoms with Crippen LogP contribution in [0.5, 0.6) is 0 Å². The highest BCUT2D eigenvalue weighted by Crippen LogP contribution is 2.39. The van der Waals surface area contributed by atoms with Crippen LogP contribution in [-0.4, -0.2) is 0 Å². The molecule has 3 rings (SSSR count). The molecule has 21 heavy (non-hydrogen) atoms. The lowest BCUT2D eigenvalue weighted by atomic mass is 9.81. The van der Waals surface area contributed by atoms with Gasteiger partial charge in [0.2, 0.25) is 0 Å². The highest BCUT2D eigenvalue weighted by atomic mass is 79.9. The summed E-state index contributed by atoms with van der Waals surface area (Å²) in [5, 5.41) is 12.6. The van der Waals surface area contributed by atoms with Gasteiger partial charge in [-0.05, 0) is 64.0 Å². The first-order valence-electron chi connectivity index (χ1n) is 7.24. The van der Waals surface area contributed by atoms with Gasteiger partial charge in [-0.1, -0.05) is 31.2 Å². The maximum Gasteiger partial charge on any atom is 0.0992 e. The van der Waals surface area contributed by atoms with E-state index in [0.717, 1.165) is 16.6 Å². The van der Waals surface area contributed by atoms with E-state index in [0.29, 0.717) is 17.5 Å². The van der Waals surface area contributed by atoms with Crippen LogP contribution in [0.4, 0.5) is 5.69 Å². The third kappa shape index (κ3) is 2.82. The minimum absolute atomic E-state index is 0.335. The van der Waals surface area contributed by atoms with Gasteiger partial charge >= 0.3 is 0 Å². The van der Waals surface area contributed by atoms with Crippen LogP contribution in [-0.2, 0) is 0 Å². The number of nitrogens with one attached hydrogen (secondary N) is 1. The molecule has 2 nitrogen and oxygen atoms in total.